The van der Waals surface area contributed by atoms with Crippen LogP contribution in [-0.2, 0) is 17.8 Å². The number of benzene rings is 2. The first-order valence-electron chi connectivity index (χ1n) is 8.12. The largest absolute Gasteiger partial charge is 0.329 e. The van der Waals surface area contributed by atoms with Crippen molar-refractivity contribution in [2.45, 2.75) is 13.0 Å². The highest BCUT2D eigenvalue weighted by Gasteiger charge is 2.25. The molecule has 0 saturated carbocycles. The van der Waals surface area contributed by atoms with Crippen LogP contribution in [0.2, 0.25) is 0 Å². The average Bonchev–Trinajstić information content (AvgIpc) is 3.00. The Morgan fingerprint density at radius 1 is 1.09 bits per heavy atom. The molecular weight excluding hydrogens is 286 g/mol. The van der Waals surface area contributed by atoms with Crippen molar-refractivity contribution in [1.82, 2.24) is 4.90 Å². The van der Waals surface area contributed by atoms with Crippen LogP contribution < -0.4 is 10.6 Å². The third kappa shape index (κ3) is 3.78. The lowest BCUT2D eigenvalue weighted by Gasteiger charge is -2.25. The average molecular weight is 309 g/mol. The number of nitrogens with two attached hydrogens (primary N) is 1. The Hall–Kier alpha value is -2.17. The zero-order chi connectivity index (χ0) is 16.1. The Bertz CT molecular complexity index is 657. The number of para-hydroxylation sites is 1. The molecule has 0 spiro atoms. The van der Waals surface area contributed by atoms with E-state index in [-0.39, 0.29) is 5.91 Å². The molecule has 1 heterocycles. The summed E-state index contributed by atoms with van der Waals surface area (Å²) in [4.78, 5) is 16.8. The molecule has 0 aliphatic carbocycles. The van der Waals surface area contributed by atoms with Gasteiger partial charge in [-0.15, -0.1) is 0 Å². The first kappa shape index (κ1) is 15.7. The van der Waals surface area contributed by atoms with Gasteiger partial charge >= 0.3 is 0 Å². The van der Waals surface area contributed by atoms with Crippen molar-refractivity contribution in [3.63, 3.8) is 0 Å². The van der Waals surface area contributed by atoms with Gasteiger partial charge in [0.2, 0.25) is 5.91 Å². The third-order valence-electron chi connectivity index (χ3n) is 4.24. The maximum absolute atomic E-state index is 12.7. The summed E-state index contributed by atoms with van der Waals surface area (Å²) in [6, 6.07) is 18.4. The molecule has 0 atom stereocenters. The van der Waals surface area contributed by atoms with E-state index < -0.39 is 0 Å². The van der Waals surface area contributed by atoms with Crippen LogP contribution in [0.15, 0.2) is 54.6 Å². The number of carbonyl (C=O) groups excluding carboxylic acids is 1. The Kier molecular flexibility index (Phi) is 5.05. The van der Waals surface area contributed by atoms with Crippen LogP contribution in [0, 0.1) is 0 Å². The van der Waals surface area contributed by atoms with Gasteiger partial charge in [0.15, 0.2) is 0 Å². The molecule has 2 N–H and O–H groups in total. The lowest BCUT2D eigenvalue weighted by Crippen LogP contribution is -2.41. The fourth-order valence-electron chi connectivity index (χ4n) is 3.11. The number of hydrogen-bond acceptors (Lipinski definition) is 3. The van der Waals surface area contributed by atoms with Crippen molar-refractivity contribution in [2.75, 3.05) is 31.1 Å². The van der Waals surface area contributed by atoms with Gasteiger partial charge in [-0.2, -0.15) is 0 Å². The van der Waals surface area contributed by atoms with Gasteiger partial charge < -0.3 is 10.6 Å². The summed E-state index contributed by atoms with van der Waals surface area (Å²) in [5.41, 5.74) is 9.25. The van der Waals surface area contributed by atoms with E-state index in [2.05, 4.69) is 23.1 Å². The Balaban J connectivity index is 1.67. The summed E-state index contributed by atoms with van der Waals surface area (Å²) >= 11 is 0. The Labute approximate surface area is 137 Å². The molecule has 0 fully saturated rings. The van der Waals surface area contributed by atoms with Crippen LogP contribution in [0.3, 0.4) is 0 Å². The van der Waals surface area contributed by atoms with Crippen LogP contribution >= 0.6 is 0 Å². The predicted octanol–water partition coefficient (Wildman–Crippen LogP) is 2.04. The van der Waals surface area contributed by atoms with Crippen LogP contribution in [0.25, 0.3) is 0 Å². The summed E-state index contributed by atoms with van der Waals surface area (Å²) < 4.78 is 0. The molecule has 0 bridgehead atoms. The minimum atomic E-state index is 0.152. The van der Waals surface area contributed by atoms with Gasteiger partial charge in [-0.05, 0) is 23.6 Å². The SMILES string of the molecule is NCCN(CC(=O)N1CCc2ccccc21)Cc1ccccc1. The lowest BCUT2D eigenvalue weighted by atomic mass is 10.2. The fraction of sp³-hybridized carbons (Fsp3) is 0.316. The minimum Gasteiger partial charge on any atom is -0.329 e. The highest BCUT2D eigenvalue weighted by Crippen LogP contribution is 2.27. The van der Waals surface area contributed by atoms with Gasteiger partial charge in [0, 0.05) is 31.9 Å². The number of carbonyl (C=O) groups is 1. The monoisotopic (exact) mass is 309 g/mol. The van der Waals surface area contributed by atoms with Gasteiger partial charge in [-0.1, -0.05) is 48.5 Å². The molecule has 2 aromatic carbocycles. The van der Waals surface area contributed by atoms with E-state index in [9.17, 15) is 4.79 Å². The zero-order valence-corrected chi connectivity index (χ0v) is 13.3. The minimum absolute atomic E-state index is 0.152. The zero-order valence-electron chi connectivity index (χ0n) is 13.3. The summed E-state index contributed by atoms with van der Waals surface area (Å²) in [6.07, 6.45) is 0.942. The molecule has 2 aromatic rings. The number of rotatable bonds is 6. The first-order chi connectivity index (χ1) is 11.3. The number of anilines is 1. The molecule has 0 unspecified atom stereocenters. The normalized spacial score (nSPS) is 13.4. The van der Waals surface area contributed by atoms with Crippen molar-refractivity contribution in [3.05, 3.63) is 65.7 Å². The van der Waals surface area contributed by atoms with Crippen molar-refractivity contribution >= 4 is 11.6 Å². The molecule has 1 amide bonds. The molecular formula is C19H23N3O. The Morgan fingerprint density at radius 2 is 1.83 bits per heavy atom. The second kappa shape index (κ2) is 7.40. The molecule has 1 aliphatic rings. The van der Waals surface area contributed by atoms with Gasteiger partial charge in [0.1, 0.15) is 0 Å². The fourth-order valence-corrected chi connectivity index (χ4v) is 3.11. The van der Waals surface area contributed by atoms with Crippen molar-refractivity contribution in [3.8, 4) is 0 Å². The second-order valence-electron chi connectivity index (χ2n) is 5.91. The van der Waals surface area contributed by atoms with E-state index in [1.807, 2.05) is 41.3 Å². The van der Waals surface area contributed by atoms with Crippen LogP contribution in [-0.4, -0.2) is 37.0 Å². The van der Waals surface area contributed by atoms with E-state index in [1.165, 1.54) is 11.1 Å². The quantitative estimate of drug-likeness (QED) is 0.888. The van der Waals surface area contributed by atoms with Crippen molar-refractivity contribution < 1.29 is 4.79 Å². The highest BCUT2D eigenvalue weighted by atomic mass is 16.2. The molecule has 0 radical (unpaired) electrons. The van der Waals surface area contributed by atoms with Crippen LogP contribution in [0.5, 0.6) is 0 Å². The van der Waals surface area contributed by atoms with E-state index in [0.717, 1.165) is 31.7 Å². The number of hydrogen-bond donors (Lipinski definition) is 1. The molecule has 0 saturated heterocycles. The lowest BCUT2D eigenvalue weighted by molar-refractivity contribution is -0.119. The maximum atomic E-state index is 12.7. The molecule has 1 aliphatic heterocycles. The van der Waals surface area contributed by atoms with E-state index >= 15 is 0 Å². The van der Waals surface area contributed by atoms with Crippen molar-refractivity contribution in [2.24, 2.45) is 5.73 Å². The van der Waals surface area contributed by atoms with Crippen LogP contribution in [0.1, 0.15) is 11.1 Å². The van der Waals surface area contributed by atoms with Gasteiger partial charge in [-0.3, -0.25) is 9.69 Å². The van der Waals surface area contributed by atoms with Gasteiger partial charge in [0.05, 0.1) is 6.54 Å². The van der Waals surface area contributed by atoms with E-state index in [4.69, 9.17) is 5.73 Å². The molecule has 3 rings (SSSR count). The summed E-state index contributed by atoms with van der Waals surface area (Å²) in [6.45, 7) is 3.20. The molecule has 23 heavy (non-hydrogen) atoms. The second-order valence-corrected chi connectivity index (χ2v) is 5.91. The van der Waals surface area contributed by atoms with Gasteiger partial charge in [0.25, 0.3) is 0 Å². The smallest absolute Gasteiger partial charge is 0.241 e. The maximum Gasteiger partial charge on any atom is 0.241 e. The van der Waals surface area contributed by atoms with Crippen molar-refractivity contribution in [1.29, 1.82) is 0 Å². The molecule has 4 heteroatoms. The Morgan fingerprint density at radius 3 is 2.61 bits per heavy atom. The summed E-state index contributed by atoms with van der Waals surface area (Å²) in [5, 5.41) is 0. The molecule has 4 nitrogen and oxygen atoms in total. The van der Waals surface area contributed by atoms with Crippen LogP contribution in [0.4, 0.5) is 5.69 Å². The van der Waals surface area contributed by atoms with E-state index in [1.54, 1.807) is 0 Å². The summed E-state index contributed by atoms with van der Waals surface area (Å²) in [5.74, 6) is 0.152. The highest BCUT2D eigenvalue weighted by molar-refractivity contribution is 5.96. The number of fused-ring (bicyclic) bond motifs is 1. The molecule has 120 valence electrons. The van der Waals surface area contributed by atoms with Gasteiger partial charge in [-0.25, -0.2) is 0 Å². The number of amides is 1. The topological polar surface area (TPSA) is 49.6 Å². The molecule has 0 aromatic heterocycles. The standard InChI is InChI=1S/C19H23N3O/c20-11-13-21(14-16-6-2-1-3-7-16)15-19(23)22-12-10-17-8-4-5-9-18(17)22/h1-9H,10-15,20H2. The first-order valence-corrected chi connectivity index (χ1v) is 8.12. The van der Waals surface area contributed by atoms with E-state index in [0.29, 0.717) is 13.1 Å². The third-order valence-corrected chi connectivity index (χ3v) is 4.24. The summed E-state index contributed by atoms with van der Waals surface area (Å²) in [7, 11) is 0. The number of nitrogens with zero attached hydrogens (tertiary/aromatic N) is 2. The predicted molar refractivity (Wildman–Crippen MR) is 93.3 cm³/mol.